The summed E-state index contributed by atoms with van der Waals surface area (Å²) in [7, 11) is 1.78. The summed E-state index contributed by atoms with van der Waals surface area (Å²) in [4.78, 5) is 13.9. The van der Waals surface area contributed by atoms with Crippen LogP contribution in [0.3, 0.4) is 0 Å². The minimum Gasteiger partial charge on any atom is -0.320 e. The molecule has 0 saturated heterocycles. The zero-order chi connectivity index (χ0) is 18.3. The van der Waals surface area contributed by atoms with E-state index in [9.17, 15) is 9.18 Å². The number of fused-ring (bicyclic) bond motifs is 1. The molecule has 0 saturated carbocycles. The maximum atomic E-state index is 14.2. The molecule has 4 rings (SSSR count). The van der Waals surface area contributed by atoms with Crippen molar-refractivity contribution >= 4 is 44.7 Å². The first-order valence-corrected chi connectivity index (χ1v) is 9.01. The Hall–Kier alpha value is -2.70. The Kier molecular flexibility index (Phi) is 4.22. The fourth-order valence-corrected chi connectivity index (χ4v) is 3.90. The molecule has 1 N–H and O–H groups in total. The van der Waals surface area contributed by atoms with Crippen LogP contribution in [0.5, 0.6) is 0 Å². The Balaban J connectivity index is 1.75. The van der Waals surface area contributed by atoms with Crippen molar-refractivity contribution in [3.05, 3.63) is 70.3 Å². The summed E-state index contributed by atoms with van der Waals surface area (Å²) in [5.41, 5.74) is 1.48. The van der Waals surface area contributed by atoms with E-state index < -0.39 is 0 Å². The fourth-order valence-electron chi connectivity index (χ4n) is 2.75. The van der Waals surface area contributed by atoms with E-state index in [4.69, 9.17) is 11.6 Å². The smallest absolute Gasteiger partial charge is 0.265 e. The summed E-state index contributed by atoms with van der Waals surface area (Å²) >= 11 is 7.40. The fraction of sp³-hybridized carbons (Fsp3) is 0.0526. The zero-order valence-electron chi connectivity index (χ0n) is 13.7. The van der Waals surface area contributed by atoms with E-state index in [2.05, 4.69) is 10.4 Å². The number of amides is 1. The minimum atomic E-state index is -0.347. The zero-order valence-corrected chi connectivity index (χ0v) is 15.2. The molecule has 7 heteroatoms. The molecule has 0 aliphatic rings. The van der Waals surface area contributed by atoms with Gasteiger partial charge in [0.15, 0.2) is 0 Å². The Morgan fingerprint density at radius 1 is 1.19 bits per heavy atom. The first kappa shape index (κ1) is 16.8. The monoisotopic (exact) mass is 385 g/mol. The summed E-state index contributed by atoms with van der Waals surface area (Å²) in [5.74, 6) is -0.612. The molecule has 0 radical (unpaired) electrons. The van der Waals surface area contributed by atoms with E-state index in [0.29, 0.717) is 26.8 Å². The second-order valence-electron chi connectivity index (χ2n) is 5.72. The van der Waals surface area contributed by atoms with Gasteiger partial charge >= 0.3 is 0 Å². The van der Waals surface area contributed by atoms with Crippen molar-refractivity contribution in [3.63, 3.8) is 0 Å². The predicted molar refractivity (Wildman–Crippen MR) is 103 cm³/mol. The Bertz CT molecular complexity index is 1130. The predicted octanol–water partition coefficient (Wildman–Crippen LogP) is 5.35. The highest BCUT2D eigenvalue weighted by Crippen LogP contribution is 2.35. The SMILES string of the molecule is Cn1nc(-c2ccccc2F)c2cc(C(=O)Nc3ccccc3Cl)sc21. The number of thiophene rings is 1. The lowest BCUT2D eigenvalue weighted by Crippen LogP contribution is -2.10. The molecule has 0 aliphatic carbocycles. The van der Waals surface area contributed by atoms with Crippen LogP contribution in [0.1, 0.15) is 9.67 Å². The number of hydrogen-bond acceptors (Lipinski definition) is 3. The molecule has 26 heavy (non-hydrogen) atoms. The molecule has 0 fully saturated rings. The van der Waals surface area contributed by atoms with E-state index in [1.54, 1.807) is 60.3 Å². The van der Waals surface area contributed by atoms with Gasteiger partial charge in [-0.15, -0.1) is 11.3 Å². The molecule has 0 unspecified atom stereocenters. The minimum absolute atomic E-state index is 0.265. The molecule has 4 nitrogen and oxygen atoms in total. The lowest BCUT2D eigenvalue weighted by molar-refractivity contribution is 0.103. The van der Waals surface area contributed by atoms with Gasteiger partial charge < -0.3 is 5.32 Å². The van der Waals surface area contributed by atoms with E-state index in [1.807, 2.05) is 0 Å². The molecule has 0 atom stereocenters. The second-order valence-corrected chi connectivity index (χ2v) is 7.15. The largest absolute Gasteiger partial charge is 0.320 e. The van der Waals surface area contributed by atoms with E-state index in [1.165, 1.54) is 17.4 Å². The number of benzene rings is 2. The number of para-hydroxylation sites is 1. The highest BCUT2D eigenvalue weighted by atomic mass is 35.5. The summed E-state index contributed by atoms with van der Waals surface area (Å²) in [6.07, 6.45) is 0. The van der Waals surface area contributed by atoms with Crippen LogP contribution in [0.15, 0.2) is 54.6 Å². The van der Waals surface area contributed by atoms with E-state index in [0.717, 1.165) is 10.2 Å². The number of nitrogens with one attached hydrogen (secondary N) is 1. The van der Waals surface area contributed by atoms with Gasteiger partial charge in [0, 0.05) is 18.0 Å². The highest BCUT2D eigenvalue weighted by Gasteiger charge is 2.20. The highest BCUT2D eigenvalue weighted by molar-refractivity contribution is 7.20. The van der Waals surface area contributed by atoms with Crippen LogP contribution in [-0.2, 0) is 7.05 Å². The number of anilines is 1. The Morgan fingerprint density at radius 2 is 1.92 bits per heavy atom. The number of rotatable bonds is 3. The first-order valence-electron chi connectivity index (χ1n) is 7.82. The van der Waals surface area contributed by atoms with Gasteiger partial charge in [-0.3, -0.25) is 9.48 Å². The third-order valence-electron chi connectivity index (χ3n) is 3.99. The molecular formula is C19H13ClFN3OS. The van der Waals surface area contributed by atoms with Crippen LogP contribution in [0.2, 0.25) is 5.02 Å². The van der Waals surface area contributed by atoms with Crippen molar-refractivity contribution in [1.29, 1.82) is 0 Å². The van der Waals surface area contributed by atoms with Gasteiger partial charge in [-0.25, -0.2) is 4.39 Å². The second kappa shape index (κ2) is 6.55. The number of aryl methyl sites for hydroxylation is 1. The quantitative estimate of drug-likeness (QED) is 0.517. The van der Waals surface area contributed by atoms with Gasteiger partial charge in [-0.2, -0.15) is 5.10 Å². The molecule has 4 aromatic rings. The lowest BCUT2D eigenvalue weighted by Gasteiger charge is -2.05. The van der Waals surface area contributed by atoms with Crippen molar-refractivity contribution in [1.82, 2.24) is 9.78 Å². The number of aromatic nitrogens is 2. The molecule has 0 bridgehead atoms. The molecule has 1 amide bonds. The molecule has 0 aliphatic heterocycles. The Morgan fingerprint density at radius 3 is 2.69 bits per heavy atom. The summed E-state index contributed by atoms with van der Waals surface area (Å²) in [6.45, 7) is 0. The van der Waals surface area contributed by atoms with Gasteiger partial charge in [-0.1, -0.05) is 35.9 Å². The van der Waals surface area contributed by atoms with Gasteiger partial charge in [0.2, 0.25) is 0 Å². The average Bonchev–Trinajstić information content (AvgIpc) is 3.19. The van der Waals surface area contributed by atoms with E-state index in [-0.39, 0.29) is 11.7 Å². The van der Waals surface area contributed by atoms with Crippen molar-refractivity contribution in [2.45, 2.75) is 0 Å². The molecule has 2 aromatic carbocycles. The van der Waals surface area contributed by atoms with Crippen LogP contribution >= 0.6 is 22.9 Å². The van der Waals surface area contributed by atoms with Gasteiger partial charge in [0.05, 0.1) is 15.6 Å². The molecule has 130 valence electrons. The van der Waals surface area contributed by atoms with Gasteiger partial charge in [0.1, 0.15) is 16.3 Å². The van der Waals surface area contributed by atoms with Crippen molar-refractivity contribution in [3.8, 4) is 11.3 Å². The standard InChI is InChI=1S/C19H13ClFN3OS/c1-24-19-12(17(23-24)11-6-2-4-8-14(11)21)10-16(26-19)18(25)22-15-9-5-3-7-13(15)20/h2-10H,1H3,(H,22,25). The van der Waals surface area contributed by atoms with Crippen LogP contribution in [0, 0.1) is 5.82 Å². The third-order valence-corrected chi connectivity index (χ3v) is 5.52. The molecule has 2 aromatic heterocycles. The van der Waals surface area contributed by atoms with Crippen LogP contribution in [-0.4, -0.2) is 15.7 Å². The first-order chi connectivity index (χ1) is 12.5. The van der Waals surface area contributed by atoms with Crippen LogP contribution in [0.4, 0.5) is 10.1 Å². The number of carbonyl (C=O) groups is 1. The Labute approximate surface area is 157 Å². The summed E-state index contributed by atoms with van der Waals surface area (Å²) in [6, 6.07) is 15.2. The maximum absolute atomic E-state index is 14.2. The normalized spacial score (nSPS) is 11.0. The lowest BCUT2D eigenvalue weighted by atomic mass is 10.1. The van der Waals surface area contributed by atoms with Crippen LogP contribution < -0.4 is 5.32 Å². The molecule has 2 heterocycles. The van der Waals surface area contributed by atoms with E-state index >= 15 is 0 Å². The van der Waals surface area contributed by atoms with Crippen LogP contribution in [0.25, 0.3) is 21.5 Å². The topological polar surface area (TPSA) is 46.9 Å². The summed E-state index contributed by atoms with van der Waals surface area (Å²) < 4.78 is 15.8. The van der Waals surface area contributed by atoms with Crippen molar-refractivity contribution < 1.29 is 9.18 Å². The van der Waals surface area contributed by atoms with Crippen molar-refractivity contribution in [2.24, 2.45) is 7.05 Å². The van der Waals surface area contributed by atoms with Gasteiger partial charge in [0.25, 0.3) is 5.91 Å². The molecule has 0 spiro atoms. The number of carbonyl (C=O) groups excluding carboxylic acids is 1. The number of hydrogen-bond donors (Lipinski definition) is 1. The van der Waals surface area contributed by atoms with Crippen molar-refractivity contribution in [2.75, 3.05) is 5.32 Å². The maximum Gasteiger partial charge on any atom is 0.265 e. The van der Waals surface area contributed by atoms with Gasteiger partial charge in [-0.05, 0) is 30.3 Å². The average molecular weight is 386 g/mol. The third kappa shape index (κ3) is 2.87. The molecular weight excluding hydrogens is 373 g/mol. The number of halogens is 2. The number of nitrogens with zero attached hydrogens (tertiary/aromatic N) is 2. The summed E-state index contributed by atoms with van der Waals surface area (Å²) in [5, 5.41) is 8.43.